The number of nitrogens with one attached hydrogen (secondary N) is 1. The molecule has 0 aliphatic heterocycles. The van der Waals surface area contributed by atoms with Crippen LogP contribution in [0.1, 0.15) is 29.3 Å². The van der Waals surface area contributed by atoms with Crippen LogP contribution in [0.25, 0.3) is 33.9 Å². The summed E-state index contributed by atoms with van der Waals surface area (Å²) in [6.07, 6.45) is 2.49. The fraction of sp³-hybridized carbons (Fsp3) is 0.143. The SMILES string of the molecule is CCC(OC(=O)c1ccc2nc(-c3ccco3)c(-c3ccco3)nc2c1)C(=O)Nc1cccc(C)c1. The number of benzene rings is 2. The van der Waals surface area contributed by atoms with E-state index < -0.39 is 12.1 Å². The number of aryl methyl sites for hydroxylation is 1. The molecule has 5 rings (SSSR count). The highest BCUT2D eigenvalue weighted by molar-refractivity contribution is 5.99. The van der Waals surface area contributed by atoms with Crippen molar-refractivity contribution in [1.29, 1.82) is 0 Å². The van der Waals surface area contributed by atoms with Crippen molar-refractivity contribution in [3.63, 3.8) is 0 Å². The maximum atomic E-state index is 13.0. The van der Waals surface area contributed by atoms with Gasteiger partial charge in [-0.25, -0.2) is 14.8 Å². The van der Waals surface area contributed by atoms with Gasteiger partial charge < -0.3 is 18.9 Å². The summed E-state index contributed by atoms with van der Waals surface area (Å²) in [5, 5.41) is 2.81. The van der Waals surface area contributed by atoms with E-state index in [0.29, 0.717) is 46.0 Å². The number of rotatable bonds is 7. The van der Waals surface area contributed by atoms with Gasteiger partial charge in [-0.1, -0.05) is 19.1 Å². The smallest absolute Gasteiger partial charge is 0.338 e. The summed E-state index contributed by atoms with van der Waals surface area (Å²) in [5.74, 6) is 0.0483. The van der Waals surface area contributed by atoms with E-state index in [4.69, 9.17) is 23.5 Å². The molecular formula is C28H23N3O5. The Morgan fingerprint density at radius 2 is 1.58 bits per heavy atom. The van der Waals surface area contributed by atoms with Gasteiger partial charge in [0.2, 0.25) is 0 Å². The predicted molar refractivity (Wildman–Crippen MR) is 134 cm³/mol. The molecule has 5 aromatic rings. The maximum absolute atomic E-state index is 13.0. The highest BCUT2D eigenvalue weighted by Gasteiger charge is 2.23. The standard InChI is InChI=1S/C28H23N3O5/c1-3-22(27(32)29-19-8-4-7-17(2)15-19)36-28(33)18-11-12-20-21(16-18)31-26(24-10-6-14-35-24)25(30-20)23-9-5-13-34-23/h4-16,22H,3H2,1-2H3,(H,29,32). The average Bonchev–Trinajstić information content (AvgIpc) is 3.61. The van der Waals surface area contributed by atoms with Gasteiger partial charge in [-0.2, -0.15) is 0 Å². The number of esters is 1. The molecule has 1 atom stereocenters. The monoisotopic (exact) mass is 481 g/mol. The van der Waals surface area contributed by atoms with Crippen molar-refractivity contribution in [2.24, 2.45) is 0 Å². The molecule has 8 heteroatoms. The van der Waals surface area contributed by atoms with Crippen LogP contribution in [-0.2, 0) is 9.53 Å². The molecule has 0 saturated heterocycles. The molecule has 180 valence electrons. The molecule has 0 radical (unpaired) electrons. The summed E-state index contributed by atoms with van der Waals surface area (Å²) >= 11 is 0. The Hall–Kier alpha value is -4.72. The van der Waals surface area contributed by atoms with E-state index in [1.165, 1.54) is 0 Å². The van der Waals surface area contributed by atoms with Gasteiger partial charge in [0.05, 0.1) is 29.1 Å². The molecule has 1 amide bonds. The molecule has 3 heterocycles. The van der Waals surface area contributed by atoms with Gasteiger partial charge >= 0.3 is 5.97 Å². The minimum Gasteiger partial charge on any atom is -0.463 e. The van der Waals surface area contributed by atoms with E-state index in [9.17, 15) is 9.59 Å². The summed E-state index contributed by atoms with van der Waals surface area (Å²) in [7, 11) is 0. The number of anilines is 1. The Labute approximate surface area is 206 Å². The van der Waals surface area contributed by atoms with Gasteiger partial charge in [-0.15, -0.1) is 0 Å². The van der Waals surface area contributed by atoms with Crippen LogP contribution in [0.5, 0.6) is 0 Å². The fourth-order valence-corrected chi connectivity index (χ4v) is 3.82. The first kappa shape index (κ1) is 23.0. The number of nitrogens with zero attached hydrogens (tertiary/aromatic N) is 2. The summed E-state index contributed by atoms with van der Waals surface area (Å²) in [5.41, 5.74) is 3.97. The first-order valence-corrected chi connectivity index (χ1v) is 11.5. The van der Waals surface area contributed by atoms with E-state index in [2.05, 4.69) is 5.32 Å². The number of amides is 1. The second-order valence-corrected chi connectivity index (χ2v) is 8.24. The van der Waals surface area contributed by atoms with Crippen LogP contribution < -0.4 is 5.32 Å². The molecule has 0 spiro atoms. The number of ether oxygens (including phenoxy) is 1. The van der Waals surface area contributed by atoms with E-state index in [0.717, 1.165) is 5.56 Å². The van der Waals surface area contributed by atoms with Crippen molar-refractivity contribution in [3.05, 3.63) is 90.4 Å². The highest BCUT2D eigenvalue weighted by atomic mass is 16.5. The van der Waals surface area contributed by atoms with Gasteiger partial charge in [0, 0.05) is 5.69 Å². The first-order chi connectivity index (χ1) is 17.5. The molecule has 0 aliphatic rings. The van der Waals surface area contributed by atoms with Gasteiger partial charge in [0.1, 0.15) is 11.4 Å². The van der Waals surface area contributed by atoms with Crippen molar-refractivity contribution < 1.29 is 23.2 Å². The quantitative estimate of drug-likeness (QED) is 0.283. The molecule has 36 heavy (non-hydrogen) atoms. The number of carbonyl (C=O) groups is 2. The summed E-state index contributed by atoms with van der Waals surface area (Å²) in [4.78, 5) is 35.1. The molecule has 2 aromatic carbocycles. The second kappa shape index (κ2) is 9.87. The van der Waals surface area contributed by atoms with E-state index in [1.54, 1.807) is 68.0 Å². The normalized spacial score (nSPS) is 11.8. The van der Waals surface area contributed by atoms with Gasteiger partial charge in [-0.05, 0) is 73.5 Å². The lowest BCUT2D eigenvalue weighted by Crippen LogP contribution is -2.32. The Balaban J connectivity index is 1.42. The van der Waals surface area contributed by atoms with Gasteiger partial charge in [-0.3, -0.25) is 4.79 Å². The van der Waals surface area contributed by atoms with Crippen molar-refractivity contribution in [3.8, 4) is 22.9 Å². The van der Waals surface area contributed by atoms with Crippen LogP contribution in [0.2, 0.25) is 0 Å². The lowest BCUT2D eigenvalue weighted by Gasteiger charge is -2.16. The molecule has 1 N–H and O–H groups in total. The molecule has 0 fully saturated rings. The molecule has 3 aromatic heterocycles. The molecule has 0 bridgehead atoms. The van der Waals surface area contributed by atoms with Crippen molar-refractivity contribution in [1.82, 2.24) is 9.97 Å². The molecular weight excluding hydrogens is 458 g/mol. The zero-order chi connectivity index (χ0) is 25.1. The summed E-state index contributed by atoms with van der Waals surface area (Å²) in [6.45, 7) is 3.72. The van der Waals surface area contributed by atoms with Gasteiger partial charge in [0.15, 0.2) is 17.6 Å². The largest absolute Gasteiger partial charge is 0.463 e. The lowest BCUT2D eigenvalue weighted by atomic mass is 10.1. The second-order valence-electron chi connectivity index (χ2n) is 8.24. The van der Waals surface area contributed by atoms with Crippen LogP contribution in [0.15, 0.2) is 88.1 Å². The Kier molecular flexibility index (Phi) is 6.32. The predicted octanol–water partition coefficient (Wildman–Crippen LogP) is 6.03. The van der Waals surface area contributed by atoms with E-state index in [1.807, 2.05) is 25.1 Å². The number of hydrogen-bond donors (Lipinski definition) is 1. The number of furan rings is 2. The molecule has 0 aliphatic carbocycles. The average molecular weight is 482 g/mol. The Morgan fingerprint density at radius 1 is 0.889 bits per heavy atom. The topological polar surface area (TPSA) is 107 Å². The highest BCUT2D eigenvalue weighted by Crippen LogP contribution is 2.31. The number of carbonyl (C=O) groups excluding carboxylic acids is 2. The zero-order valence-corrected chi connectivity index (χ0v) is 19.7. The Bertz CT molecular complexity index is 1520. The summed E-state index contributed by atoms with van der Waals surface area (Å²) in [6, 6.07) is 19.4. The first-order valence-electron chi connectivity index (χ1n) is 11.5. The number of aromatic nitrogens is 2. The fourth-order valence-electron chi connectivity index (χ4n) is 3.82. The summed E-state index contributed by atoms with van der Waals surface area (Å²) < 4.78 is 16.6. The maximum Gasteiger partial charge on any atom is 0.338 e. The van der Waals surface area contributed by atoms with Crippen molar-refractivity contribution in [2.75, 3.05) is 5.32 Å². The minimum atomic E-state index is -0.945. The number of hydrogen-bond acceptors (Lipinski definition) is 7. The van der Waals surface area contributed by atoms with Crippen molar-refractivity contribution >= 4 is 28.6 Å². The van der Waals surface area contributed by atoms with Crippen LogP contribution in [0.3, 0.4) is 0 Å². The Morgan fingerprint density at radius 3 is 2.19 bits per heavy atom. The van der Waals surface area contributed by atoms with Crippen LogP contribution in [0.4, 0.5) is 5.69 Å². The molecule has 0 saturated carbocycles. The lowest BCUT2D eigenvalue weighted by molar-refractivity contribution is -0.124. The third-order valence-corrected chi connectivity index (χ3v) is 5.61. The van der Waals surface area contributed by atoms with E-state index in [-0.39, 0.29) is 11.5 Å². The van der Waals surface area contributed by atoms with Gasteiger partial charge in [0.25, 0.3) is 5.91 Å². The minimum absolute atomic E-state index is 0.259. The zero-order valence-electron chi connectivity index (χ0n) is 19.7. The third kappa shape index (κ3) is 4.74. The third-order valence-electron chi connectivity index (χ3n) is 5.61. The van der Waals surface area contributed by atoms with Crippen molar-refractivity contribution in [2.45, 2.75) is 26.4 Å². The van der Waals surface area contributed by atoms with Crippen LogP contribution in [-0.4, -0.2) is 27.9 Å². The number of fused-ring (bicyclic) bond motifs is 1. The van der Waals surface area contributed by atoms with Crippen LogP contribution in [0, 0.1) is 6.92 Å². The van der Waals surface area contributed by atoms with E-state index >= 15 is 0 Å². The van der Waals surface area contributed by atoms with Crippen LogP contribution >= 0.6 is 0 Å². The molecule has 1 unspecified atom stereocenters. The molecule has 8 nitrogen and oxygen atoms in total.